The van der Waals surface area contributed by atoms with Crippen molar-refractivity contribution in [3.8, 4) is 0 Å². The van der Waals surface area contributed by atoms with E-state index in [2.05, 4.69) is 30.3 Å². The SMILES string of the molecule is CC(C)c1cccc(NC(=O)Cn2cccn2)c1. The fourth-order valence-electron chi connectivity index (χ4n) is 1.72. The van der Waals surface area contributed by atoms with Crippen LogP contribution in [0.4, 0.5) is 5.69 Å². The van der Waals surface area contributed by atoms with Gasteiger partial charge in [-0.3, -0.25) is 9.48 Å². The first-order chi connectivity index (χ1) is 8.65. The van der Waals surface area contributed by atoms with Crippen LogP contribution in [-0.4, -0.2) is 15.7 Å². The molecule has 0 bridgehead atoms. The number of nitrogens with one attached hydrogen (secondary N) is 1. The first-order valence-electron chi connectivity index (χ1n) is 6.02. The number of carbonyl (C=O) groups excluding carboxylic acids is 1. The van der Waals surface area contributed by atoms with Crippen molar-refractivity contribution in [2.24, 2.45) is 0 Å². The van der Waals surface area contributed by atoms with E-state index in [1.165, 1.54) is 5.56 Å². The first kappa shape index (κ1) is 12.4. The van der Waals surface area contributed by atoms with Crippen molar-refractivity contribution < 1.29 is 4.79 Å². The molecule has 0 aliphatic carbocycles. The molecule has 1 N–H and O–H groups in total. The van der Waals surface area contributed by atoms with Gasteiger partial charge in [-0.05, 0) is 29.7 Å². The van der Waals surface area contributed by atoms with Gasteiger partial charge in [0.2, 0.25) is 5.91 Å². The summed E-state index contributed by atoms with van der Waals surface area (Å²) < 4.78 is 1.60. The predicted octanol–water partition coefficient (Wildman–Crippen LogP) is 2.65. The van der Waals surface area contributed by atoms with E-state index < -0.39 is 0 Å². The molecule has 4 heteroatoms. The maximum Gasteiger partial charge on any atom is 0.246 e. The van der Waals surface area contributed by atoms with E-state index in [0.29, 0.717) is 5.92 Å². The molecular weight excluding hydrogens is 226 g/mol. The molecule has 1 amide bonds. The molecule has 0 aliphatic rings. The van der Waals surface area contributed by atoms with E-state index in [4.69, 9.17) is 0 Å². The normalized spacial score (nSPS) is 10.6. The summed E-state index contributed by atoms with van der Waals surface area (Å²) in [6.07, 6.45) is 3.43. The Balaban J connectivity index is 2.00. The molecule has 1 heterocycles. The topological polar surface area (TPSA) is 46.9 Å². The molecule has 0 radical (unpaired) electrons. The van der Waals surface area contributed by atoms with Crippen molar-refractivity contribution >= 4 is 11.6 Å². The molecule has 2 aromatic rings. The van der Waals surface area contributed by atoms with Crippen molar-refractivity contribution in [1.29, 1.82) is 0 Å². The second-order valence-electron chi connectivity index (χ2n) is 4.53. The minimum absolute atomic E-state index is 0.0698. The van der Waals surface area contributed by atoms with E-state index in [1.54, 1.807) is 23.1 Å². The number of hydrogen-bond donors (Lipinski definition) is 1. The van der Waals surface area contributed by atoms with E-state index in [9.17, 15) is 4.79 Å². The van der Waals surface area contributed by atoms with E-state index in [-0.39, 0.29) is 12.5 Å². The largest absolute Gasteiger partial charge is 0.324 e. The fourth-order valence-corrected chi connectivity index (χ4v) is 1.72. The van der Waals surface area contributed by atoms with Crippen molar-refractivity contribution in [3.63, 3.8) is 0 Å². The van der Waals surface area contributed by atoms with Crippen LogP contribution in [-0.2, 0) is 11.3 Å². The monoisotopic (exact) mass is 243 g/mol. The Labute approximate surface area is 107 Å². The second-order valence-corrected chi connectivity index (χ2v) is 4.53. The fraction of sp³-hybridized carbons (Fsp3) is 0.286. The summed E-state index contributed by atoms with van der Waals surface area (Å²) in [5, 5.41) is 6.88. The number of benzene rings is 1. The van der Waals surface area contributed by atoms with Crippen LogP contribution in [0.1, 0.15) is 25.3 Å². The van der Waals surface area contributed by atoms with Gasteiger partial charge in [0.15, 0.2) is 0 Å². The Morgan fingerprint density at radius 2 is 2.22 bits per heavy atom. The Morgan fingerprint density at radius 3 is 2.89 bits per heavy atom. The molecular formula is C14H17N3O. The molecule has 18 heavy (non-hydrogen) atoms. The third-order valence-corrected chi connectivity index (χ3v) is 2.70. The Bertz CT molecular complexity index is 518. The van der Waals surface area contributed by atoms with Gasteiger partial charge in [0.1, 0.15) is 6.54 Å². The summed E-state index contributed by atoms with van der Waals surface area (Å²) in [6.45, 7) is 4.49. The van der Waals surface area contributed by atoms with Crippen LogP contribution in [0, 0.1) is 0 Å². The molecule has 1 aromatic heterocycles. The quantitative estimate of drug-likeness (QED) is 0.897. The molecule has 0 atom stereocenters. The van der Waals surface area contributed by atoms with Gasteiger partial charge in [-0.15, -0.1) is 0 Å². The summed E-state index contributed by atoms with van der Waals surface area (Å²) >= 11 is 0. The summed E-state index contributed by atoms with van der Waals surface area (Å²) in [6, 6.07) is 9.72. The summed E-state index contributed by atoms with van der Waals surface area (Å²) in [4.78, 5) is 11.8. The lowest BCUT2D eigenvalue weighted by atomic mass is 10.0. The lowest BCUT2D eigenvalue weighted by Crippen LogP contribution is -2.19. The highest BCUT2D eigenvalue weighted by atomic mass is 16.2. The van der Waals surface area contributed by atoms with Gasteiger partial charge in [0.05, 0.1) is 0 Å². The Hall–Kier alpha value is -2.10. The maximum atomic E-state index is 11.8. The number of anilines is 1. The van der Waals surface area contributed by atoms with Crippen molar-refractivity contribution in [2.45, 2.75) is 26.3 Å². The standard InChI is InChI=1S/C14H17N3O/c1-11(2)12-5-3-6-13(9-12)16-14(18)10-17-8-4-7-15-17/h3-9,11H,10H2,1-2H3,(H,16,18). The third kappa shape index (κ3) is 3.20. The highest BCUT2D eigenvalue weighted by molar-refractivity contribution is 5.90. The van der Waals surface area contributed by atoms with Crippen molar-refractivity contribution in [2.75, 3.05) is 5.32 Å². The summed E-state index contributed by atoms with van der Waals surface area (Å²) in [5.74, 6) is 0.382. The van der Waals surface area contributed by atoms with Gasteiger partial charge in [0, 0.05) is 18.1 Å². The van der Waals surface area contributed by atoms with Crippen LogP contribution in [0.2, 0.25) is 0 Å². The average Bonchev–Trinajstić information content (AvgIpc) is 2.82. The number of hydrogen-bond acceptors (Lipinski definition) is 2. The lowest BCUT2D eigenvalue weighted by molar-refractivity contribution is -0.116. The number of amides is 1. The molecule has 0 saturated carbocycles. The van der Waals surface area contributed by atoms with Gasteiger partial charge < -0.3 is 5.32 Å². The molecule has 0 fully saturated rings. The molecule has 0 aliphatic heterocycles. The Morgan fingerprint density at radius 1 is 1.39 bits per heavy atom. The number of nitrogens with zero attached hydrogens (tertiary/aromatic N) is 2. The maximum absolute atomic E-state index is 11.8. The summed E-state index contributed by atoms with van der Waals surface area (Å²) in [7, 11) is 0. The molecule has 4 nitrogen and oxygen atoms in total. The minimum Gasteiger partial charge on any atom is -0.324 e. The lowest BCUT2D eigenvalue weighted by Gasteiger charge is -2.09. The zero-order valence-electron chi connectivity index (χ0n) is 10.6. The zero-order valence-corrected chi connectivity index (χ0v) is 10.6. The van der Waals surface area contributed by atoms with Gasteiger partial charge >= 0.3 is 0 Å². The third-order valence-electron chi connectivity index (χ3n) is 2.70. The van der Waals surface area contributed by atoms with E-state index in [0.717, 1.165) is 5.69 Å². The van der Waals surface area contributed by atoms with Gasteiger partial charge in [0.25, 0.3) is 0 Å². The van der Waals surface area contributed by atoms with Gasteiger partial charge in [-0.1, -0.05) is 26.0 Å². The Kier molecular flexibility index (Phi) is 3.77. The van der Waals surface area contributed by atoms with Crippen LogP contribution in [0.5, 0.6) is 0 Å². The highest BCUT2D eigenvalue weighted by Gasteiger charge is 2.05. The van der Waals surface area contributed by atoms with E-state index in [1.807, 2.05) is 18.2 Å². The zero-order chi connectivity index (χ0) is 13.0. The van der Waals surface area contributed by atoms with Gasteiger partial charge in [-0.2, -0.15) is 5.10 Å². The smallest absolute Gasteiger partial charge is 0.246 e. The number of rotatable bonds is 4. The molecule has 0 spiro atoms. The van der Waals surface area contributed by atoms with Crippen LogP contribution in [0.3, 0.4) is 0 Å². The first-order valence-corrected chi connectivity index (χ1v) is 6.02. The van der Waals surface area contributed by atoms with Crippen LogP contribution < -0.4 is 5.32 Å². The predicted molar refractivity (Wildman–Crippen MR) is 71.4 cm³/mol. The average molecular weight is 243 g/mol. The molecule has 2 rings (SSSR count). The minimum atomic E-state index is -0.0698. The molecule has 0 unspecified atom stereocenters. The van der Waals surface area contributed by atoms with Crippen LogP contribution in [0.25, 0.3) is 0 Å². The van der Waals surface area contributed by atoms with Gasteiger partial charge in [-0.25, -0.2) is 0 Å². The number of carbonyl (C=O) groups is 1. The molecule has 1 aromatic carbocycles. The number of aromatic nitrogens is 2. The van der Waals surface area contributed by atoms with Crippen molar-refractivity contribution in [1.82, 2.24) is 9.78 Å². The van der Waals surface area contributed by atoms with Crippen LogP contribution in [0.15, 0.2) is 42.7 Å². The van der Waals surface area contributed by atoms with Crippen molar-refractivity contribution in [3.05, 3.63) is 48.3 Å². The second kappa shape index (κ2) is 5.49. The molecule has 94 valence electrons. The van der Waals surface area contributed by atoms with Crippen LogP contribution >= 0.6 is 0 Å². The summed E-state index contributed by atoms with van der Waals surface area (Å²) in [5.41, 5.74) is 2.05. The molecule has 0 saturated heterocycles. The van der Waals surface area contributed by atoms with E-state index >= 15 is 0 Å². The highest BCUT2D eigenvalue weighted by Crippen LogP contribution is 2.18.